The van der Waals surface area contributed by atoms with Crippen molar-refractivity contribution in [2.75, 3.05) is 6.54 Å². The molecule has 1 aromatic carbocycles. The van der Waals surface area contributed by atoms with Crippen LogP contribution in [0.3, 0.4) is 0 Å². The van der Waals surface area contributed by atoms with Gasteiger partial charge >= 0.3 is 6.18 Å². The Balaban J connectivity index is 1.87. The smallest absolute Gasteiger partial charge is 0.310 e. The molecule has 2 rings (SSSR count). The van der Waals surface area contributed by atoms with E-state index in [9.17, 15) is 13.2 Å². The average Bonchev–Trinajstić information content (AvgIpc) is 2.81. The molecule has 0 aromatic heterocycles. The number of hydrogen-bond acceptors (Lipinski definition) is 1. The third kappa shape index (κ3) is 3.98. The second-order valence-electron chi connectivity index (χ2n) is 6.03. The van der Waals surface area contributed by atoms with Crippen molar-refractivity contribution in [3.63, 3.8) is 0 Å². The summed E-state index contributed by atoms with van der Waals surface area (Å²) in [5, 5.41) is 3.44. The summed E-state index contributed by atoms with van der Waals surface area (Å²) >= 11 is 0. The van der Waals surface area contributed by atoms with Gasteiger partial charge in [-0.2, -0.15) is 13.2 Å². The van der Waals surface area contributed by atoms with Gasteiger partial charge in [-0.25, -0.2) is 0 Å². The maximum Gasteiger partial charge on any atom is 0.416 e. The lowest BCUT2D eigenvalue weighted by molar-refractivity contribution is -0.137. The molecule has 1 aliphatic rings. The number of halogens is 3. The highest BCUT2D eigenvalue weighted by Crippen LogP contribution is 2.31. The molecule has 1 aromatic rings. The second-order valence-corrected chi connectivity index (χ2v) is 6.03. The zero-order valence-electron chi connectivity index (χ0n) is 12.0. The van der Waals surface area contributed by atoms with Gasteiger partial charge in [0, 0.05) is 6.04 Å². The van der Waals surface area contributed by atoms with Crippen LogP contribution in [0.2, 0.25) is 0 Å². The molecule has 3 unspecified atom stereocenters. The van der Waals surface area contributed by atoms with Gasteiger partial charge in [0.25, 0.3) is 0 Å². The molecule has 1 fully saturated rings. The third-order valence-electron chi connectivity index (χ3n) is 4.25. The zero-order valence-corrected chi connectivity index (χ0v) is 12.0. The van der Waals surface area contributed by atoms with Crippen LogP contribution in [0.1, 0.15) is 50.3 Å². The van der Waals surface area contributed by atoms with Crippen LogP contribution in [0, 0.1) is 11.8 Å². The third-order valence-corrected chi connectivity index (χ3v) is 4.25. The highest BCUT2D eigenvalue weighted by atomic mass is 19.4. The first-order valence-corrected chi connectivity index (χ1v) is 7.27. The van der Waals surface area contributed by atoms with Crippen molar-refractivity contribution in [2.24, 2.45) is 11.8 Å². The minimum Gasteiger partial charge on any atom is -0.310 e. The van der Waals surface area contributed by atoms with E-state index in [4.69, 9.17) is 0 Å². The van der Waals surface area contributed by atoms with Gasteiger partial charge < -0.3 is 5.32 Å². The number of hydrogen-bond donors (Lipinski definition) is 1. The number of rotatable bonds is 4. The maximum absolute atomic E-state index is 12.5. The van der Waals surface area contributed by atoms with Gasteiger partial charge in [-0.1, -0.05) is 25.5 Å². The molecule has 1 aliphatic carbocycles. The SMILES string of the molecule is CC1CCC(CNC(C)c2ccc(C(F)(F)F)cc2)C1. The zero-order chi connectivity index (χ0) is 14.8. The van der Waals surface area contributed by atoms with E-state index in [1.807, 2.05) is 6.92 Å². The van der Waals surface area contributed by atoms with Gasteiger partial charge in [0.2, 0.25) is 0 Å². The second kappa shape index (κ2) is 6.17. The van der Waals surface area contributed by atoms with Gasteiger partial charge in [0.1, 0.15) is 0 Å². The minimum atomic E-state index is -4.25. The lowest BCUT2D eigenvalue weighted by Crippen LogP contribution is -2.24. The highest BCUT2D eigenvalue weighted by Gasteiger charge is 2.30. The van der Waals surface area contributed by atoms with Crippen molar-refractivity contribution < 1.29 is 13.2 Å². The lowest BCUT2D eigenvalue weighted by Gasteiger charge is -2.18. The summed E-state index contributed by atoms with van der Waals surface area (Å²) in [7, 11) is 0. The van der Waals surface area contributed by atoms with Crippen LogP contribution in [-0.2, 0) is 6.18 Å². The molecule has 1 N–H and O–H groups in total. The van der Waals surface area contributed by atoms with Crippen LogP contribution in [0.5, 0.6) is 0 Å². The summed E-state index contributed by atoms with van der Waals surface area (Å²) in [6.07, 6.45) is -0.448. The summed E-state index contributed by atoms with van der Waals surface area (Å²) < 4.78 is 37.5. The molecule has 20 heavy (non-hydrogen) atoms. The van der Waals surface area contributed by atoms with Crippen LogP contribution >= 0.6 is 0 Å². The van der Waals surface area contributed by atoms with E-state index >= 15 is 0 Å². The Morgan fingerprint density at radius 1 is 1.20 bits per heavy atom. The molecule has 0 heterocycles. The predicted molar refractivity (Wildman–Crippen MR) is 74.4 cm³/mol. The van der Waals surface area contributed by atoms with Gasteiger partial charge in [0.15, 0.2) is 0 Å². The quantitative estimate of drug-likeness (QED) is 0.838. The Bertz CT molecular complexity index is 424. The molecule has 0 saturated heterocycles. The molecule has 0 radical (unpaired) electrons. The summed E-state index contributed by atoms with van der Waals surface area (Å²) in [4.78, 5) is 0. The Morgan fingerprint density at radius 2 is 1.85 bits per heavy atom. The molecule has 112 valence electrons. The topological polar surface area (TPSA) is 12.0 Å². The Labute approximate surface area is 118 Å². The van der Waals surface area contributed by atoms with E-state index in [1.54, 1.807) is 12.1 Å². The molecule has 0 spiro atoms. The first-order chi connectivity index (χ1) is 9.36. The normalized spacial score (nSPS) is 24.9. The molecule has 0 aliphatic heterocycles. The standard InChI is InChI=1S/C16H22F3N/c1-11-3-4-13(9-11)10-20-12(2)14-5-7-15(8-6-14)16(17,18)19/h5-8,11-13,20H,3-4,9-10H2,1-2H3. The summed E-state index contributed by atoms with van der Waals surface area (Å²) in [6, 6.07) is 5.54. The Hall–Kier alpha value is -1.03. The molecule has 0 bridgehead atoms. The Kier molecular flexibility index (Phi) is 4.74. The molecule has 1 nitrogen and oxygen atoms in total. The van der Waals surface area contributed by atoms with Crippen LogP contribution in [0.4, 0.5) is 13.2 Å². The molecule has 0 amide bonds. The van der Waals surface area contributed by atoms with Crippen molar-refractivity contribution in [3.05, 3.63) is 35.4 Å². The number of nitrogens with one attached hydrogen (secondary N) is 1. The highest BCUT2D eigenvalue weighted by molar-refractivity contribution is 5.26. The van der Waals surface area contributed by atoms with Gasteiger partial charge in [-0.05, 0) is 55.8 Å². The summed E-state index contributed by atoms with van der Waals surface area (Å²) in [5.41, 5.74) is 0.321. The van der Waals surface area contributed by atoms with Crippen molar-refractivity contribution in [1.29, 1.82) is 0 Å². The molecular formula is C16H22F3N. The molecule has 4 heteroatoms. The fourth-order valence-electron chi connectivity index (χ4n) is 2.93. The summed E-state index contributed by atoms with van der Waals surface area (Å²) in [5.74, 6) is 1.52. The van der Waals surface area contributed by atoms with E-state index in [0.717, 1.165) is 30.2 Å². The van der Waals surface area contributed by atoms with Crippen molar-refractivity contribution in [3.8, 4) is 0 Å². The molecule has 3 atom stereocenters. The Morgan fingerprint density at radius 3 is 2.35 bits per heavy atom. The van der Waals surface area contributed by atoms with Crippen LogP contribution < -0.4 is 5.32 Å². The maximum atomic E-state index is 12.5. The number of alkyl halides is 3. The molecular weight excluding hydrogens is 263 g/mol. The van der Waals surface area contributed by atoms with Crippen LogP contribution in [0.15, 0.2) is 24.3 Å². The van der Waals surface area contributed by atoms with E-state index in [-0.39, 0.29) is 6.04 Å². The van der Waals surface area contributed by atoms with Gasteiger partial charge in [-0.3, -0.25) is 0 Å². The van der Waals surface area contributed by atoms with E-state index < -0.39 is 11.7 Å². The van der Waals surface area contributed by atoms with Gasteiger partial charge in [-0.15, -0.1) is 0 Å². The van der Waals surface area contributed by atoms with Crippen LogP contribution in [0.25, 0.3) is 0 Å². The summed E-state index contributed by atoms with van der Waals surface area (Å²) in [6.45, 7) is 5.23. The van der Waals surface area contributed by atoms with Crippen molar-refractivity contribution >= 4 is 0 Å². The van der Waals surface area contributed by atoms with Gasteiger partial charge in [0.05, 0.1) is 5.56 Å². The molecule has 1 saturated carbocycles. The minimum absolute atomic E-state index is 0.0909. The first kappa shape index (κ1) is 15.4. The fourth-order valence-corrected chi connectivity index (χ4v) is 2.93. The monoisotopic (exact) mass is 285 g/mol. The lowest BCUT2D eigenvalue weighted by atomic mass is 10.0. The van der Waals surface area contributed by atoms with Crippen molar-refractivity contribution in [1.82, 2.24) is 5.32 Å². The van der Waals surface area contributed by atoms with E-state index in [0.29, 0.717) is 5.92 Å². The average molecular weight is 285 g/mol. The van der Waals surface area contributed by atoms with E-state index in [1.165, 1.54) is 19.3 Å². The van der Waals surface area contributed by atoms with Crippen molar-refractivity contribution in [2.45, 2.75) is 45.3 Å². The fraction of sp³-hybridized carbons (Fsp3) is 0.625. The predicted octanol–water partition coefficient (Wildman–Crippen LogP) is 4.79. The van der Waals surface area contributed by atoms with E-state index in [2.05, 4.69) is 12.2 Å². The van der Waals surface area contributed by atoms with Crippen LogP contribution in [-0.4, -0.2) is 6.54 Å². The number of benzene rings is 1. The first-order valence-electron chi connectivity index (χ1n) is 7.27. The largest absolute Gasteiger partial charge is 0.416 e.